The maximum atomic E-state index is 12.6. The zero-order valence-corrected chi connectivity index (χ0v) is 17.0. The highest BCUT2D eigenvalue weighted by Crippen LogP contribution is 2.14. The summed E-state index contributed by atoms with van der Waals surface area (Å²) in [5.41, 5.74) is 0.715. The molecule has 1 aromatic carbocycles. The fourth-order valence-corrected chi connectivity index (χ4v) is 2.82. The number of imide groups is 1. The van der Waals surface area contributed by atoms with E-state index in [9.17, 15) is 24.0 Å². The molecule has 1 aliphatic rings. The molecule has 0 radical (unpaired) electrons. The van der Waals surface area contributed by atoms with Crippen LogP contribution in [0.4, 0.5) is 4.79 Å². The molecule has 2 N–H and O–H groups in total. The molecular weight excluding hydrogens is 394 g/mol. The molecule has 10 heteroatoms. The number of methoxy groups -OCH3 is 1. The second-order valence-electron chi connectivity index (χ2n) is 7.10. The number of rotatable bonds is 8. The molecule has 1 aliphatic heterocycles. The molecule has 1 saturated heterocycles. The number of nitrogens with one attached hydrogen (secondary N) is 2. The standard InChI is InChI=1S/C20H25N3O7/c1-12(2)17(19(27)29-3)22-20(28)21-14(11-13-7-5-4-6-8-13)18(26)30-23-15(24)9-10-16(23)25/h4-8,12,14,17H,9-11H2,1-3H3,(H2,21,22,28)/t14-,17?/m0/s1. The van der Waals surface area contributed by atoms with Gasteiger partial charge in [0.25, 0.3) is 11.8 Å². The van der Waals surface area contributed by atoms with Crippen LogP contribution in [0.5, 0.6) is 0 Å². The lowest BCUT2D eigenvalue weighted by molar-refractivity contribution is -0.198. The van der Waals surface area contributed by atoms with Crippen LogP contribution in [0.1, 0.15) is 32.3 Å². The number of hydroxylamine groups is 2. The van der Waals surface area contributed by atoms with E-state index in [0.717, 1.165) is 0 Å². The average molecular weight is 419 g/mol. The monoisotopic (exact) mass is 419 g/mol. The van der Waals surface area contributed by atoms with E-state index < -0.39 is 41.9 Å². The largest absolute Gasteiger partial charge is 0.467 e. The Labute approximate surface area is 173 Å². The molecule has 2 atom stereocenters. The first-order valence-corrected chi connectivity index (χ1v) is 9.49. The quantitative estimate of drug-likeness (QED) is 0.468. The van der Waals surface area contributed by atoms with Gasteiger partial charge in [0.1, 0.15) is 12.1 Å². The number of hydrogen-bond donors (Lipinski definition) is 2. The van der Waals surface area contributed by atoms with E-state index in [1.165, 1.54) is 7.11 Å². The topological polar surface area (TPSA) is 131 Å². The van der Waals surface area contributed by atoms with Gasteiger partial charge in [-0.15, -0.1) is 5.06 Å². The Morgan fingerprint density at radius 3 is 2.13 bits per heavy atom. The van der Waals surface area contributed by atoms with Crippen LogP contribution in [0.25, 0.3) is 0 Å². The zero-order chi connectivity index (χ0) is 22.3. The van der Waals surface area contributed by atoms with E-state index in [-0.39, 0.29) is 25.2 Å². The van der Waals surface area contributed by atoms with Crippen LogP contribution in [0.3, 0.4) is 0 Å². The van der Waals surface area contributed by atoms with E-state index >= 15 is 0 Å². The maximum absolute atomic E-state index is 12.6. The highest BCUT2D eigenvalue weighted by atomic mass is 16.7. The van der Waals surface area contributed by atoms with E-state index in [1.807, 2.05) is 0 Å². The van der Waals surface area contributed by atoms with Gasteiger partial charge in [-0.05, 0) is 11.5 Å². The highest BCUT2D eigenvalue weighted by Gasteiger charge is 2.36. The molecule has 1 unspecified atom stereocenters. The molecule has 10 nitrogen and oxygen atoms in total. The molecule has 0 spiro atoms. The molecular formula is C20H25N3O7. The van der Waals surface area contributed by atoms with Crippen molar-refractivity contribution in [1.29, 1.82) is 0 Å². The second kappa shape index (κ2) is 10.4. The zero-order valence-electron chi connectivity index (χ0n) is 17.0. The van der Waals surface area contributed by atoms with Gasteiger partial charge in [-0.2, -0.15) is 0 Å². The van der Waals surface area contributed by atoms with Gasteiger partial charge in [0.2, 0.25) is 0 Å². The van der Waals surface area contributed by atoms with Crippen molar-refractivity contribution >= 4 is 29.8 Å². The average Bonchev–Trinajstić information content (AvgIpc) is 3.03. The Morgan fingerprint density at radius 1 is 1.00 bits per heavy atom. The lowest BCUT2D eigenvalue weighted by Gasteiger charge is -2.23. The third-order valence-corrected chi connectivity index (χ3v) is 4.47. The second-order valence-corrected chi connectivity index (χ2v) is 7.10. The minimum atomic E-state index is -1.21. The van der Waals surface area contributed by atoms with Crippen molar-refractivity contribution in [1.82, 2.24) is 15.7 Å². The first-order valence-electron chi connectivity index (χ1n) is 9.49. The van der Waals surface area contributed by atoms with Gasteiger partial charge in [-0.3, -0.25) is 9.59 Å². The Balaban J connectivity index is 2.13. The van der Waals surface area contributed by atoms with Crippen LogP contribution in [0.15, 0.2) is 30.3 Å². The van der Waals surface area contributed by atoms with Gasteiger partial charge >= 0.3 is 18.0 Å². The normalized spacial score (nSPS) is 15.5. The fourth-order valence-electron chi connectivity index (χ4n) is 2.82. The molecule has 0 bridgehead atoms. The van der Waals surface area contributed by atoms with E-state index in [0.29, 0.717) is 10.6 Å². The molecule has 162 valence electrons. The lowest BCUT2D eigenvalue weighted by Crippen LogP contribution is -2.54. The van der Waals surface area contributed by atoms with E-state index in [4.69, 9.17) is 4.84 Å². The summed E-state index contributed by atoms with van der Waals surface area (Å²) in [6.45, 7) is 3.45. The van der Waals surface area contributed by atoms with Crippen molar-refractivity contribution in [2.75, 3.05) is 7.11 Å². The summed E-state index contributed by atoms with van der Waals surface area (Å²) in [6.07, 6.45) is -0.0367. The van der Waals surface area contributed by atoms with Crippen LogP contribution in [0.2, 0.25) is 0 Å². The van der Waals surface area contributed by atoms with Gasteiger partial charge in [0, 0.05) is 19.3 Å². The number of amides is 4. The number of hydrogen-bond acceptors (Lipinski definition) is 7. The first kappa shape index (κ1) is 22.9. The third-order valence-electron chi connectivity index (χ3n) is 4.47. The van der Waals surface area contributed by atoms with Crippen molar-refractivity contribution in [2.45, 2.75) is 45.2 Å². The number of carbonyl (C=O) groups excluding carboxylic acids is 5. The summed E-state index contributed by atoms with van der Waals surface area (Å²) in [4.78, 5) is 65.4. The molecule has 4 amide bonds. The van der Waals surface area contributed by atoms with Crippen LogP contribution in [-0.4, -0.2) is 54.0 Å². The molecule has 0 aromatic heterocycles. The highest BCUT2D eigenvalue weighted by molar-refractivity contribution is 6.02. The van der Waals surface area contributed by atoms with Crippen molar-refractivity contribution in [3.05, 3.63) is 35.9 Å². The number of carbonyl (C=O) groups is 5. The van der Waals surface area contributed by atoms with Crippen molar-refractivity contribution in [3.8, 4) is 0 Å². The molecule has 2 rings (SSSR count). The Bertz CT molecular complexity index is 794. The fraction of sp³-hybridized carbons (Fsp3) is 0.450. The lowest BCUT2D eigenvalue weighted by atomic mass is 10.0. The summed E-state index contributed by atoms with van der Waals surface area (Å²) in [6, 6.07) is 5.88. The third kappa shape index (κ3) is 6.03. The number of benzene rings is 1. The number of ether oxygens (including phenoxy) is 1. The van der Waals surface area contributed by atoms with Gasteiger partial charge in [-0.1, -0.05) is 44.2 Å². The van der Waals surface area contributed by atoms with Crippen LogP contribution in [0, 0.1) is 5.92 Å². The van der Waals surface area contributed by atoms with Gasteiger partial charge in [0.05, 0.1) is 7.11 Å². The molecule has 0 aliphatic carbocycles. The van der Waals surface area contributed by atoms with Gasteiger partial charge < -0.3 is 20.2 Å². The minimum Gasteiger partial charge on any atom is -0.467 e. The summed E-state index contributed by atoms with van der Waals surface area (Å²) >= 11 is 0. The van der Waals surface area contributed by atoms with Gasteiger partial charge in [0.15, 0.2) is 0 Å². The molecule has 0 saturated carbocycles. The van der Waals surface area contributed by atoms with Crippen LogP contribution in [-0.2, 0) is 35.2 Å². The van der Waals surface area contributed by atoms with Crippen LogP contribution >= 0.6 is 0 Å². The maximum Gasteiger partial charge on any atom is 0.355 e. The predicted molar refractivity (Wildman–Crippen MR) is 103 cm³/mol. The Kier molecular flexibility index (Phi) is 7.90. The van der Waals surface area contributed by atoms with E-state index in [1.54, 1.807) is 44.2 Å². The van der Waals surface area contributed by atoms with Crippen molar-refractivity contribution in [2.24, 2.45) is 5.92 Å². The number of nitrogens with zero attached hydrogens (tertiary/aromatic N) is 1. The summed E-state index contributed by atoms with van der Waals surface area (Å²) in [5.74, 6) is -3.11. The van der Waals surface area contributed by atoms with Crippen molar-refractivity contribution in [3.63, 3.8) is 0 Å². The summed E-state index contributed by atoms with van der Waals surface area (Å²) in [5, 5.41) is 5.34. The predicted octanol–water partition coefficient (Wildman–Crippen LogP) is 0.702. The SMILES string of the molecule is COC(=O)C(NC(=O)N[C@@H](Cc1ccccc1)C(=O)ON1C(=O)CCC1=O)C(C)C. The summed E-state index contributed by atoms with van der Waals surface area (Å²) in [7, 11) is 1.21. The smallest absolute Gasteiger partial charge is 0.355 e. The molecule has 30 heavy (non-hydrogen) atoms. The Hall–Kier alpha value is -3.43. The van der Waals surface area contributed by atoms with Crippen molar-refractivity contribution < 1.29 is 33.5 Å². The van der Waals surface area contributed by atoms with E-state index in [2.05, 4.69) is 15.4 Å². The molecule has 1 aromatic rings. The number of urea groups is 1. The molecule has 1 heterocycles. The molecule has 1 fully saturated rings. The first-order chi connectivity index (χ1) is 14.2. The number of esters is 1. The van der Waals surface area contributed by atoms with Gasteiger partial charge in [-0.25, -0.2) is 14.4 Å². The van der Waals surface area contributed by atoms with Crippen LogP contribution < -0.4 is 10.6 Å². The summed E-state index contributed by atoms with van der Waals surface area (Å²) < 4.78 is 4.68. The Morgan fingerprint density at radius 2 is 1.60 bits per heavy atom. The minimum absolute atomic E-state index is 0.0431.